The number of benzene rings is 1. The quantitative estimate of drug-likeness (QED) is 0.857. The van der Waals surface area contributed by atoms with E-state index in [1.165, 1.54) is 23.8 Å². The lowest BCUT2D eigenvalue weighted by atomic mass is 10.2. The van der Waals surface area contributed by atoms with Crippen LogP contribution in [-0.2, 0) is 20.9 Å². The van der Waals surface area contributed by atoms with Crippen molar-refractivity contribution in [3.8, 4) is 0 Å². The van der Waals surface area contributed by atoms with Gasteiger partial charge < -0.3 is 14.9 Å². The van der Waals surface area contributed by atoms with Gasteiger partial charge in [-0.1, -0.05) is 23.7 Å². The molecule has 0 spiro atoms. The Morgan fingerprint density at radius 3 is 2.19 bits per heavy atom. The molecular weight excluding hydrogens is 296 g/mol. The van der Waals surface area contributed by atoms with Crippen molar-refractivity contribution in [1.29, 1.82) is 0 Å². The second kappa shape index (κ2) is 7.64. The van der Waals surface area contributed by atoms with Crippen LogP contribution in [0.5, 0.6) is 0 Å². The van der Waals surface area contributed by atoms with Crippen molar-refractivity contribution in [3.05, 3.63) is 34.9 Å². The number of hydrogen-bond acceptors (Lipinski definition) is 3. The van der Waals surface area contributed by atoms with E-state index in [2.05, 4.69) is 0 Å². The number of carbonyl (C=O) groups is 3. The minimum Gasteiger partial charge on any atom is -0.480 e. The fraction of sp³-hybridized carbons (Fsp3) is 0.357. The van der Waals surface area contributed by atoms with Crippen LogP contribution in [0.25, 0.3) is 0 Å². The van der Waals surface area contributed by atoms with Crippen LogP contribution in [0.15, 0.2) is 24.3 Å². The summed E-state index contributed by atoms with van der Waals surface area (Å²) in [6.07, 6.45) is 0. The third-order valence-corrected chi connectivity index (χ3v) is 3.13. The molecule has 1 aromatic rings. The van der Waals surface area contributed by atoms with Crippen LogP contribution < -0.4 is 0 Å². The van der Waals surface area contributed by atoms with E-state index in [1.54, 1.807) is 24.3 Å². The smallest absolute Gasteiger partial charge is 0.323 e. The van der Waals surface area contributed by atoms with Gasteiger partial charge in [0.05, 0.1) is 6.54 Å². The number of carboxylic acids is 1. The Morgan fingerprint density at radius 1 is 1.14 bits per heavy atom. The molecule has 0 radical (unpaired) electrons. The lowest BCUT2D eigenvalue weighted by molar-refractivity contribution is -0.146. The molecule has 0 heterocycles. The van der Waals surface area contributed by atoms with Gasteiger partial charge in [-0.05, 0) is 17.7 Å². The van der Waals surface area contributed by atoms with Crippen LogP contribution in [0.2, 0.25) is 5.02 Å². The number of halogens is 1. The van der Waals surface area contributed by atoms with E-state index >= 15 is 0 Å². The lowest BCUT2D eigenvalue weighted by Gasteiger charge is -2.23. The molecule has 0 unspecified atom stereocenters. The standard InChI is InChI=1S/C14H17ClN2O4/c1-10(18)16(2)8-13(19)17(9-14(20)21)7-11-3-5-12(15)6-4-11/h3-6H,7-9H2,1-2H3,(H,20,21). The third-order valence-electron chi connectivity index (χ3n) is 2.88. The maximum Gasteiger partial charge on any atom is 0.323 e. The molecular formula is C14H17ClN2O4. The molecule has 7 heteroatoms. The molecule has 0 aromatic heterocycles. The van der Waals surface area contributed by atoms with Crippen molar-refractivity contribution in [1.82, 2.24) is 9.80 Å². The van der Waals surface area contributed by atoms with Gasteiger partial charge in [0.2, 0.25) is 11.8 Å². The first-order valence-corrected chi connectivity index (χ1v) is 6.63. The van der Waals surface area contributed by atoms with E-state index in [9.17, 15) is 14.4 Å². The van der Waals surface area contributed by atoms with Crippen molar-refractivity contribution in [2.45, 2.75) is 13.5 Å². The number of carbonyl (C=O) groups excluding carboxylic acids is 2. The number of aliphatic carboxylic acids is 1. The van der Waals surface area contributed by atoms with Crippen molar-refractivity contribution >= 4 is 29.4 Å². The summed E-state index contributed by atoms with van der Waals surface area (Å²) in [6.45, 7) is 0.908. The summed E-state index contributed by atoms with van der Waals surface area (Å²) in [7, 11) is 1.49. The van der Waals surface area contributed by atoms with Gasteiger partial charge in [0.15, 0.2) is 0 Å². The zero-order valence-corrected chi connectivity index (χ0v) is 12.6. The molecule has 1 rings (SSSR count). The van der Waals surface area contributed by atoms with Gasteiger partial charge >= 0.3 is 5.97 Å². The average Bonchev–Trinajstić information content (AvgIpc) is 2.39. The van der Waals surface area contributed by atoms with Gasteiger partial charge in [0, 0.05) is 25.5 Å². The molecule has 0 bridgehead atoms. The maximum absolute atomic E-state index is 12.1. The van der Waals surface area contributed by atoms with Gasteiger partial charge in [-0.25, -0.2) is 0 Å². The highest BCUT2D eigenvalue weighted by molar-refractivity contribution is 6.30. The summed E-state index contributed by atoms with van der Waals surface area (Å²) >= 11 is 5.78. The van der Waals surface area contributed by atoms with Gasteiger partial charge in [-0.15, -0.1) is 0 Å². The summed E-state index contributed by atoms with van der Waals surface area (Å²) in [5, 5.41) is 9.46. The molecule has 114 valence electrons. The van der Waals surface area contributed by atoms with Crippen molar-refractivity contribution in [2.75, 3.05) is 20.1 Å². The Kier molecular flexibility index (Phi) is 6.17. The van der Waals surface area contributed by atoms with E-state index in [4.69, 9.17) is 16.7 Å². The van der Waals surface area contributed by atoms with E-state index < -0.39 is 18.4 Å². The molecule has 0 saturated carbocycles. The number of rotatable bonds is 6. The molecule has 0 aliphatic heterocycles. The molecule has 0 aliphatic rings. The van der Waals surface area contributed by atoms with Crippen LogP contribution >= 0.6 is 11.6 Å². The SMILES string of the molecule is CC(=O)N(C)CC(=O)N(CC(=O)O)Cc1ccc(Cl)cc1. The number of carboxylic acid groups (broad SMARTS) is 1. The third kappa shape index (κ3) is 5.83. The van der Waals surface area contributed by atoms with E-state index in [1.807, 2.05) is 0 Å². The summed E-state index contributed by atoms with van der Waals surface area (Å²) in [6, 6.07) is 6.78. The number of likely N-dealkylation sites (N-methyl/N-ethyl adjacent to an activating group) is 1. The largest absolute Gasteiger partial charge is 0.480 e. The van der Waals surface area contributed by atoms with Crippen LogP contribution in [0.4, 0.5) is 0 Å². The predicted octanol–water partition coefficient (Wildman–Crippen LogP) is 1.23. The van der Waals surface area contributed by atoms with E-state index in [0.29, 0.717) is 5.02 Å². The Balaban J connectivity index is 2.79. The van der Waals surface area contributed by atoms with Crippen LogP contribution in [0.1, 0.15) is 12.5 Å². The van der Waals surface area contributed by atoms with Crippen LogP contribution in [0, 0.1) is 0 Å². The highest BCUT2D eigenvalue weighted by atomic mass is 35.5. The number of amides is 2. The normalized spacial score (nSPS) is 10.0. The molecule has 2 amide bonds. The fourth-order valence-corrected chi connectivity index (χ4v) is 1.75. The zero-order valence-electron chi connectivity index (χ0n) is 11.9. The summed E-state index contributed by atoms with van der Waals surface area (Å²) in [4.78, 5) is 36.6. The first-order chi connectivity index (χ1) is 9.79. The second-order valence-corrected chi connectivity index (χ2v) is 5.08. The van der Waals surface area contributed by atoms with Gasteiger partial charge in [-0.3, -0.25) is 14.4 Å². The Hall–Kier alpha value is -2.08. The van der Waals surface area contributed by atoms with Crippen molar-refractivity contribution in [2.24, 2.45) is 0 Å². The first-order valence-electron chi connectivity index (χ1n) is 6.25. The van der Waals surface area contributed by atoms with E-state index in [0.717, 1.165) is 5.56 Å². The highest BCUT2D eigenvalue weighted by Gasteiger charge is 2.19. The minimum atomic E-state index is -1.11. The van der Waals surface area contributed by atoms with Gasteiger partial charge in [0.1, 0.15) is 6.54 Å². The molecule has 0 saturated heterocycles. The second-order valence-electron chi connectivity index (χ2n) is 4.65. The minimum absolute atomic E-state index is 0.147. The summed E-state index contributed by atoms with van der Waals surface area (Å²) in [5.74, 6) is -1.79. The first kappa shape index (κ1) is 17.0. The highest BCUT2D eigenvalue weighted by Crippen LogP contribution is 2.11. The Morgan fingerprint density at radius 2 is 1.71 bits per heavy atom. The number of nitrogens with zero attached hydrogens (tertiary/aromatic N) is 2. The summed E-state index contributed by atoms with van der Waals surface area (Å²) in [5.41, 5.74) is 0.763. The van der Waals surface area contributed by atoms with Gasteiger partial charge in [0.25, 0.3) is 0 Å². The zero-order chi connectivity index (χ0) is 16.0. The van der Waals surface area contributed by atoms with Gasteiger partial charge in [-0.2, -0.15) is 0 Å². The Labute approximate surface area is 127 Å². The molecule has 6 nitrogen and oxygen atoms in total. The molecule has 0 atom stereocenters. The molecule has 0 fully saturated rings. The fourth-order valence-electron chi connectivity index (χ4n) is 1.62. The average molecular weight is 313 g/mol. The van der Waals surface area contributed by atoms with Crippen LogP contribution in [0.3, 0.4) is 0 Å². The molecule has 0 aliphatic carbocycles. The van der Waals surface area contributed by atoms with Crippen molar-refractivity contribution in [3.63, 3.8) is 0 Å². The Bertz CT molecular complexity index is 530. The maximum atomic E-state index is 12.1. The molecule has 1 aromatic carbocycles. The van der Waals surface area contributed by atoms with Crippen LogP contribution in [-0.4, -0.2) is 52.8 Å². The van der Waals surface area contributed by atoms with E-state index in [-0.39, 0.29) is 19.0 Å². The molecule has 1 N–H and O–H groups in total. The predicted molar refractivity (Wildman–Crippen MR) is 77.8 cm³/mol. The van der Waals surface area contributed by atoms with Crippen molar-refractivity contribution < 1.29 is 19.5 Å². The lowest BCUT2D eigenvalue weighted by Crippen LogP contribution is -2.42. The number of hydrogen-bond donors (Lipinski definition) is 1. The molecule has 21 heavy (non-hydrogen) atoms. The monoisotopic (exact) mass is 312 g/mol. The summed E-state index contributed by atoms with van der Waals surface area (Å²) < 4.78 is 0. The topological polar surface area (TPSA) is 77.9 Å².